The maximum Gasteiger partial charge on any atom is 0.330 e. The Bertz CT molecular complexity index is 1490. The van der Waals surface area contributed by atoms with Crippen molar-refractivity contribution in [3.63, 3.8) is 0 Å². The third kappa shape index (κ3) is 2.78. The van der Waals surface area contributed by atoms with Crippen LogP contribution in [0.2, 0.25) is 0 Å². The van der Waals surface area contributed by atoms with E-state index in [2.05, 4.69) is 5.32 Å². The fourth-order valence-electron chi connectivity index (χ4n) is 5.95. The number of pyridine rings is 1. The predicted octanol–water partition coefficient (Wildman–Crippen LogP) is 2.14. The zero-order valence-electron chi connectivity index (χ0n) is 19.6. The number of carbonyl (C=O) groups excluding carboxylic acids is 3. The lowest BCUT2D eigenvalue weighted by Gasteiger charge is -2.53. The first-order valence-corrected chi connectivity index (χ1v) is 11.9. The van der Waals surface area contributed by atoms with Gasteiger partial charge in [-0.15, -0.1) is 0 Å². The molecule has 3 aromatic rings. The van der Waals surface area contributed by atoms with E-state index in [1.165, 1.54) is 4.40 Å². The van der Waals surface area contributed by atoms with Gasteiger partial charge in [0.05, 0.1) is 11.6 Å². The summed E-state index contributed by atoms with van der Waals surface area (Å²) in [5.41, 5.74) is 1.66. The van der Waals surface area contributed by atoms with Crippen LogP contribution in [0.4, 0.5) is 10.6 Å². The Morgan fingerprint density at radius 1 is 1.11 bits per heavy atom. The van der Waals surface area contributed by atoms with Crippen LogP contribution in [0.1, 0.15) is 41.6 Å². The maximum absolute atomic E-state index is 14.1. The van der Waals surface area contributed by atoms with Crippen molar-refractivity contribution in [1.29, 1.82) is 0 Å². The number of amides is 4. The van der Waals surface area contributed by atoms with Gasteiger partial charge < -0.3 is 4.90 Å². The minimum Gasteiger partial charge on any atom is -0.347 e. The molecule has 178 valence electrons. The molecule has 0 saturated carbocycles. The molecule has 1 aromatic carbocycles. The minimum atomic E-state index is -1.66. The van der Waals surface area contributed by atoms with Gasteiger partial charge in [-0.2, -0.15) is 0 Å². The van der Waals surface area contributed by atoms with E-state index in [4.69, 9.17) is 4.98 Å². The van der Waals surface area contributed by atoms with Gasteiger partial charge in [-0.25, -0.2) is 9.78 Å². The highest BCUT2D eigenvalue weighted by molar-refractivity contribution is 6.20. The Morgan fingerprint density at radius 2 is 1.91 bits per heavy atom. The van der Waals surface area contributed by atoms with Crippen molar-refractivity contribution < 1.29 is 14.4 Å². The van der Waals surface area contributed by atoms with E-state index in [1.54, 1.807) is 12.3 Å². The van der Waals surface area contributed by atoms with Crippen molar-refractivity contribution in [2.45, 2.75) is 39.2 Å². The largest absolute Gasteiger partial charge is 0.347 e. The minimum absolute atomic E-state index is 0.126. The molecule has 0 bridgehead atoms. The first-order valence-electron chi connectivity index (χ1n) is 11.9. The molecule has 6 rings (SSSR count). The van der Waals surface area contributed by atoms with Gasteiger partial charge in [-0.3, -0.25) is 29.0 Å². The number of aromatic nitrogens is 2. The summed E-state index contributed by atoms with van der Waals surface area (Å²) in [5, 5.41) is 2.44. The molecule has 0 unspecified atom stereocenters. The van der Waals surface area contributed by atoms with Crippen LogP contribution in [0.3, 0.4) is 0 Å². The topological polar surface area (TPSA) is 104 Å². The number of hydrogen-bond acceptors (Lipinski definition) is 6. The van der Waals surface area contributed by atoms with Gasteiger partial charge in [-0.1, -0.05) is 37.3 Å². The first kappa shape index (κ1) is 21.5. The van der Waals surface area contributed by atoms with Crippen LogP contribution < -0.4 is 15.8 Å². The van der Waals surface area contributed by atoms with Crippen molar-refractivity contribution in [1.82, 2.24) is 19.6 Å². The normalized spacial score (nSPS) is 23.3. The highest BCUT2D eigenvalue weighted by Crippen LogP contribution is 2.52. The summed E-state index contributed by atoms with van der Waals surface area (Å²) in [6.07, 6.45) is 2.76. The second-order valence-corrected chi connectivity index (χ2v) is 9.51. The van der Waals surface area contributed by atoms with Gasteiger partial charge >= 0.3 is 6.03 Å². The van der Waals surface area contributed by atoms with E-state index >= 15 is 0 Å². The Balaban J connectivity index is 1.67. The van der Waals surface area contributed by atoms with E-state index in [-0.39, 0.29) is 18.5 Å². The fraction of sp³-hybridized carbons (Fsp3) is 0.346. The standard InChI is InChI=1S/C26H25N5O4/c1-3-11-31-24(34)26(23(33)28-25(31)35)14-18-21(27-20-15(2)7-6-12-30(20)22(18)32)29-13-10-16-8-4-5-9-17(16)19(26)29/h4-9,12,19H,3,10-11,13-14H2,1-2H3,(H,28,33,35)/t19-,26-/m0/s1. The molecule has 3 aliphatic rings. The fourth-order valence-corrected chi connectivity index (χ4v) is 5.95. The average molecular weight is 472 g/mol. The number of aryl methyl sites for hydroxylation is 1. The smallest absolute Gasteiger partial charge is 0.330 e. The number of benzene rings is 1. The van der Waals surface area contributed by atoms with Gasteiger partial charge in [0, 0.05) is 25.7 Å². The number of fused-ring (bicyclic) bond motifs is 7. The quantitative estimate of drug-likeness (QED) is 0.575. The zero-order valence-corrected chi connectivity index (χ0v) is 19.6. The number of rotatable bonds is 2. The number of imide groups is 2. The van der Waals surface area contributed by atoms with Crippen LogP contribution in [-0.4, -0.2) is 45.2 Å². The summed E-state index contributed by atoms with van der Waals surface area (Å²) in [6.45, 7) is 4.45. The summed E-state index contributed by atoms with van der Waals surface area (Å²) >= 11 is 0. The molecule has 2 atom stereocenters. The predicted molar refractivity (Wildman–Crippen MR) is 128 cm³/mol. The number of urea groups is 1. The van der Waals surface area contributed by atoms with Crippen LogP contribution in [0.5, 0.6) is 0 Å². The lowest BCUT2D eigenvalue weighted by Crippen LogP contribution is -2.70. The molecule has 3 aliphatic heterocycles. The number of nitrogens with zero attached hydrogens (tertiary/aromatic N) is 4. The Hall–Kier alpha value is -4.01. The van der Waals surface area contributed by atoms with Gasteiger partial charge in [0.25, 0.3) is 5.56 Å². The van der Waals surface area contributed by atoms with Crippen LogP contribution in [0.25, 0.3) is 5.65 Å². The van der Waals surface area contributed by atoms with Gasteiger partial charge in [0.2, 0.25) is 11.8 Å². The summed E-state index contributed by atoms with van der Waals surface area (Å²) in [5.74, 6) is -0.709. The number of hydrogen-bond donors (Lipinski definition) is 1. The monoisotopic (exact) mass is 471 g/mol. The summed E-state index contributed by atoms with van der Waals surface area (Å²) in [4.78, 5) is 62.1. The molecule has 1 N–H and O–H groups in total. The van der Waals surface area contributed by atoms with E-state index in [0.29, 0.717) is 36.4 Å². The number of anilines is 1. The lowest BCUT2D eigenvalue weighted by atomic mass is 9.65. The Morgan fingerprint density at radius 3 is 2.71 bits per heavy atom. The van der Waals surface area contributed by atoms with Crippen molar-refractivity contribution in [3.8, 4) is 0 Å². The molecule has 9 nitrogen and oxygen atoms in total. The molecule has 9 heteroatoms. The number of nitrogens with one attached hydrogen (secondary N) is 1. The molecular weight excluding hydrogens is 446 g/mol. The third-order valence-corrected chi connectivity index (χ3v) is 7.54. The second-order valence-electron chi connectivity index (χ2n) is 9.51. The van der Waals surface area contributed by atoms with Gasteiger partial charge in [-0.05, 0) is 42.5 Å². The maximum atomic E-state index is 14.1. The highest BCUT2D eigenvalue weighted by Gasteiger charge is 2.64. The molecule has 1 spiro atoms. The summed E-state index contributed by atoms with van der Waals surface area (Å²) in [7, 11) is 0. The summed E-state index contributed by atoms with van der Waals surface area (Å²) < 4.78 is 1.47. The summed E-state index contributed by atoms with van der Waals surface area (Å²) in [6, 6.07) is 10.0. The van der Waals surface area contributed by atoms with Crippen molar-refractivity contribution in [3.05, 3.63) is 75.2 Å². The van der Waals surface area contributed by atoms with E-state index in [0.717, 1.165) is 21.6 Å². The molecule has 35 heavy (non-hydrogen) atoms. The highest BCUT2D eigenvalue weighted by atomic mass is 16.2. The van der Waals surface area contributed by atoms with Gasteiger partial charge in [0.15, 0.2) is 5.41 Å². The molecule has 2 aromatic heterocycles. The molecule has 4 amide bonds. The molecule has 1 saturated heterocycles. The number of carbonyl (C=O) groups is 3. The second kappa shape index (κ2) is 7.49. The molecule has 0 aliphatic carbocycles. The average Bonchev–Trinajstić information content (AvgIpc) is 2.86. The first-order chi connectivity index (χ1) is 16.9. The molecule has 0 radical (unpaired) electrons. The van der Waals surface area contributed by atoms with Crippen molar-refractivity contribution >= 4 is 29.3 Å². The van der Waals surface area contributed by atoms with Crippen LogP contribution in [0, 0.1) is 12.3 Å². The van der Waals surface area contributed by atoms with E-state index in [9.17, 15) is 19.2 Å². The SMILES string of the molecule is CCCN1C(=O)NC(=O)[C@@]2(Cc3c(nc4c(C)cccn4c3=O)N3CCc4ccccc4[C@H]32)C1=O. The van der Waals surface area contributed by atoms with Crippen molar-refractivity contribution in [2.75, 3.05) is 18.0 Å². The van der Waals surface area contributed by atoms with Crippen LogP contribution in [0.15, 0.2) is 47.4 Å². The van der Waals surface area contributed by atoms with Gasteiger partial charge in [0.1, 0.15) is 11.5 Å². The lowest BCUT2D eigenvalue weighted by molar-refractivity contribution is -0.154. The van der Waals surface area contributed by atoms with Crippen LogP contribution in [-0.2, 0) is 22.4 Å². The third-order valence-electron chi connectivity index (χ3n) is 7.54. The van der Waals surface area contributed by atoms with E-state index in [1.807, 2.05) is 49.1 Å². The zero-order chi connectivity index (χ0) is 24.5. The Labute approximate surface area is 201 Å². The molecule has 5 heterocycles. The molecule has 1 fully saturated rings. The Kier molecular flexibility index (Phi) is 4.61. The molecular formula is C26H25N5O4. The number of barbiturate groups is 1. The van der Waals surface area contributed by atoms with E-state index < -0.39 is 29.3 Å². The van der Waals surface area contributed by atoms with Crippen LogP contribution >= 0.6 is 0 Å². The van der Waals surface area contributed by atoms with Crippen molar-refractivity contribution in [2.24, 2.45) is 5.41 Å².